The van der Waals surface area contributed by atoms with Crippen LogP contribution in [0.3, 0.4) is 0 Å². The Bertz CT molecular complexity index is 1200. The Balaban J connectivity index is 1.94. The molecule has 3 aliphatic carbocycles. The smallest absolute Gasteiger partial charge is 0.255 e. The summed E-state index contributed by atoms with van der Waals surface area (Å²) >= 11 is 0. The molecule has 1 saturated carbocycles. The summed E-state index contributed by atoms with van der Waals surface area (Å²) in [6.07, 6.45) is 0.275. The third-order valence-corrected chi connectivity index (χ3v) is 7.41. The van der Waals surface area contributed by atoms with Gasteiger partial charge in [-0.15, -0.1) is 0 Å². The van der Waals surface area contributed by atoms with E-state index in [1.54, 1.807) is 32.3 Å². The van der Waals surface area contributed by atoms with Crippen molar-refractivity contribution in [3.63, 3.8) is 0 Å². The van der Waals surface area contributed by atoms with Gasteiger partial charge < -0.3 is 31.0 Å². The number of aromatic hydroxyl groups is 1. The number of amides is 1. The van der Waals surface area contributed by atoms with Gasteiger partial charge in [0.2, 0.25) is 5.78 Å². The predicted molar refractivity (Wildman–Crippen MR) is 123 cm³/mol. The minimum Gasteiger partial charge on any atom is -0.508 e. The number of carbonyl (C=O) groups is 3. The van der Waals surface area contributed by atoms with Crippen LogP contribution in [0.5, 0.6) is 5.75 Å². The number of hydrogen-bond acceptors (Lipinski definition) is 10. The number of likely N-dealkylation sites (N-methyl/N-ethyl adjacent to an activating group) is 1. The first-order chi connectivity index (χ1) is 16.4. The molecule has 4 atom stereocenters. The summed E-state index contributed by atoms with van der Waals surface area (Å²) in [5, 5.41) is 45.7. The molecular weight excluding hydrogens is 458 g/mol. The van der Waals surface area contributed by atoms with Crippen LogP contribution in [0.4, 0.5) is 0 Å². The van der Waals surface area contributed by atoms with Crippen molar-refractivity contribution in [2.75, 3.05) is 28.3 Å². The SMILES string of the molecule is CON(C)Cc1ccc(O)c2c1C[C@@H]1C[C@H]3[C@H](N(C)C)C(=O)C(C(N)=O)=C(O)[C@@]3(O)C(=O)C1=C2O. The Morgan fingerprint density at radius 2 is 1.86 bits per heavy atom. The van der Waals surface area contributed by atoms with Crippen molar-refractivity contribution < 1.29 is 39.6 Å². The molecule has 3 aliphatic rings. The van der Waals surface area contributed by atoms with Gasteiger partial charge in [0.25, 0.3) is 5.91 Å². The van der Waals surface area contributed by atoms with Gasteiger partial charge in [-0.25, -0.2) is 0 Å². The highest BCUT2D eigenvalue weighted by Gasteiger charge is 2.64. The molecule has 1 aromatic rings. The summed E-state index contributed by atoms with van der Waals surface area (Å²) in [4.78, 5) is 45.5. The first-order valence-corrected chi connectivity index (χ1v) is 11.1. The third kappa shape index (κ3) is 3.46. The molecule has 1 fully saturated rings. The van der Waals surface area contributed by atoms with E-state index in [-0.39, 0.29) is 29.7 Å². The summed E-state index contributed by atoms with van der Waals surface area (Å²) in [6, 6.07) is 1.98. The summed E-state index contributed by atoms with van der Waals surface area (Å²) in [7, 11) is 6.34. The van der Waals surface area contributed by atoms with Crippen LogP contribution in [0.25, 0.3) is 5.76 Å². The number of aliphatic hydroxyl groups excluding tert-OH is 2. The zero-order valence-corrected chi connectivity index (χ0v) is 19.9. The Labute approximate surface area is 201 Å². The molecule has 0 aliphatic heterocycles. The van der Waals surface area contributed by atoms with Crippen LogP contribution < -0.4 is 5.73 Å². The maximum Gasteiger partial charge on any atom is 0.255 e. The van der Waals surface area contributed by atoms with Crippen molar-refractivity contribution in [2.24, 2.45) is 17.6 Å². The summed E-state index contributed by atoms with van der Waals surface area (Å²) in [5.41, 5.74) is 3.09. The number of phenols is 1. The molecule has 35 heavy (non-hydrogen) atoms. The van der Waals surface area contributed by atoms with Gasteiger partial charge in [-0.3, -0.25) is 19.3 Å². The molecule has 0 unspecified atom stereocenters. The van der Waals surface area contributed by atoms with Crippen molar-refractivity contribution >= 4 is 23.2 Å². The molecule has 0 aromatic heterocycles. The molecule has 11 nitrogen and oxygen atoms in total. The van der Waals surface area contributed by atoms with E-state index in [1.807, 2.05) is 0 Å². The number of hydrogen-bond donors (Lipinski definition) is 5. The highest BCUT2D eigenvalue weighted by atomic mass is 16.7. The lowest BCUT2D eigenvalue weighted by atomic mass is 9.57. The number of nitrogens with two attached hydrogens (primary N) is 1. The summed E-state index contributed by atoms with van der Waals surface area (Å²) in [6.45, 7) is 0.333. The van der Waals surface area contributed by atoms with Crippen molar-refractivity contribution in [3.05, 3.63) is 45.7 Å². The van der Waals surface area contributed by atoms with Crippen molar-refractivity contribution in [1.29, 1.82) is 0 Å². The number of Topliss-reactive ketones (excluding diaryl/α,β-unsaturated/α-hetero) is 2. The average molecular weight is 488 g/mol. The van der Waals surface area contributed by atoms with Crippen LogP contribution in [0, 0.1) is 11.8 Å². The second-order valence-corrected chi connectivity index (χ2v) is 9.53. The molecule has 11 heteroatoms. The van der Waals surface area contributed by atoms with Crippen molar-refractivity contribution in [1.82, 2.24) is 9.96 Å². The van der Waals surface area contributed by atoms with Gasteiger partial charge in [0.05, 0.1) is 18.7 Å². The zero-order chi connectivity index (χ0) is 26.0. The number of ketones is 2. The number of primary amides is 1. The minimum atomic E-state index is -2.64. The van der Waals surface area contributed by atoms with E-state index in [9.17, 15) is 34.8 Å². The predicted octanol–water partition coefficient (Wildman–Crippen LogP) is -0.0428. The number of aliphatic hydroxyl groups is 3. The van der Waals surface area contributed by atoms with Crippen LogP contribution in [0.2, 0.25) is 0 Å². The lowest BCUT2D eigenvalue weighted by molar-refractivity contribution is -0.153. The van der Waals surface area contributed by atoms with Crippen LogP contribution >= 0.6 is 0 Å². The molecule has 0 saturated heterocycles. The number of phenolic OH excluding ortho intramolecular Hbond substituents is 1. The van der Waals surface area contributed by atoms with E-state index in [4.69, 9.17) is 10.6 Å². The molecule has 188 valence electrons. The number of fused-ring (bicyclic) bond motifs is 3. The monoisotopic (exact) mass is 487 g/mol. The molecule has 0 radical (unpaired) electrons. The first kappa shape index (κ1) is 24.9. The Morgan fingerprint density at radius 3 is 2.43 bits per heavy atom. The normalized spacial score (nSPS) is 28.4. The lowest BCUT2D eigenvalue weighted by Gasteiger charge is -2.50. The van der Waals surface area contributed by atoms with Gasteiger partial charge in [-0.2, -0.15) is 5.06 Å². The zero-order valence-electron chi connectivity index (χ0n) is 19.9. The highest BCUT2D eigenvalue weighted by Crippen LogP contribution is 2.52. The largest absolute Gasteiger partial charge is 0.508 e. The van der Waals surface area contributed by atoms with Crippen molar-refractivity contribution in [3.8, 4) is 5.75 Å². The molecule has 0 bridgehead atoms. The maximum absolute atomic E-state index is 13.8. The van der Waals surface area contributed by atoms with Gasteiger partial charge in [0, 0.05) is 25.1 Å². The fraction of sp³-hybridized carbons (Fsp3) is 0.458. The quantitative estimate of drug-likeness (QED) is 0.280. The highest BCUT2D eigenvalue weighted by molar-refractivity contribution is 6.24. The van der Waals surface area contributed by atoms with Crippen LogP contribution in [0.1, 0.15) is 23.1 Å². The fourth-order valence-corrected chi connectivity index (χ4v) is 5.76. The van der Waals surface area contributed by atoms with E-state index in [0.29, 0.717) is 12.1 Å². The van der Waals surface area contributed by atoms with Gasteiger partial charge in [0.1, 0.15) is 22.8 Å². The van der Waals surface area contributed by atoms with Crippen LogP contribution in [0.15, 0.2) is 29.0 Å². The molecule has 1 aromatic carbocycles. The second-order valence-electron chi connectivity index (χ2n) is 9.53. The van der Waals surface area contributed by atoms with E-state index in [0.717, 1.165) is 5.56 Å². The van der Waals surface area contributed by atoms with E-state index in [2.05, 4.69) is 0 Å². The molecule has 1 amide bonds. The van der Waals surface area contributed by atoms with Gasteiger partial charge in [-0.05, 0) is 50.0 Å². The standard InChI is InChI=1S/C24H29N3O8/c1-26(2)18-13-8-11-7-12-10(9-27(3)35-4)5-6-14(28)16(12)19(29)15(11)21(31)24(13,34)22(32)17(20(18)30)23(25)33/h5-6,11,13,18,28-29,32,34H,7-9H2,1-4H3,(H2,25,33)/t11-,13+,18+,24+/m1/s1. The number of rotatable bonds is 5. The van der Waals surface area contributed by atoms with Crippen LogP contribution in [-0.2, 0) is 32.2 Å². The molecule has 4 rings (SSSR count). The second kappa shape index (κ2) is 8.45. The van der Waals surface area contributed by atoms with E-state index < -0.39 is 58.0 Å². The summed E-state index contributed by atoms with van der Waals surface area (Å²) in [5.74, 6) is -6.68. The van der Waals surface area contributed by atoms with Crippen molar-refractivity contribution in [2.45, 2.75) is 31.0 Å². The van der Waals surface area contributed by atoms with Gasteiger partial charge in [0.15, 0.2) is 11.4 Å². The first-order valence-electron chi connectivity index (χ1n) is 11.1. The number of hydroxylamine groups is 2. The van der Waals surface area contributed by atoms with E-state index >= 15 is 0 Å². The number of nitrogens with zero attached hydrogens (tertiary/aromatic N) is 2. The number of carbonyl (C=O) groups excluding carboxylic acids is 3. The Kier molecular flexibility index (Phi) is 6.00. The fourth-order valence-electron chi connectivity index (χ4n) is 5.76. The van der Waals surface area contributed by atoms with Gasteiger partial charge >= 0.3 is 0 Å². The minimum absolute atomic E-state index is 0.0426. The molecule has 0 heterocycles. The van der Waals surface area contributed by atoms with Crippen LogP contribution in [-0.4, -0.2) is 87.8 Å². The van der Waals surface area contributed by atoms with Gasteiger partial charge in [-0.1, -0.05) is 6.07 Å². The van der Waals surface area contributed by atoms with E-state index in [1.165, 1.54) is 18.1 Å². The molecule has 6 N–H and O–H groups in total. The maximum atomic E-state index is 13.8. The summed E-state index contributed by atoms with van der Waals surface area (Å²) < 4.78 is 0. The Morgan fingerprint density at radius 1 is 1.20 bits per heavy atom. The topological polar surface area (TPSA) is 174 Å². The molecule has 0 spiro atoms. The average Bonchev–Trinajstić information content (AvgIpc) is 2.77. The third-order valence-electron chi connectivity index (χ3n) is 7.41. The number of benzene rings is 1. The Hall–Kier alpha value is -3.25. The molecular formula is C24H29N3O8. The lowest BCUT2D eigenvalue weighted by Crippen LogP contribution is -2.65.